The van der Waals surface area contributed by atoms with E-state index in [1.807, 2.05) is 6.07 Å². The van der Waals surface area contributed by atoms with Crippen LogP contribution >= 0.6 is 23.2 Å². The molecule has 2 amide bonds. The first-order chi connectivity index (χ1) is 14.5. The fraction of sp³-hybridized carbons (Fsp3) is 0.0455. The SMILES string of the molecule is COc1cc(Cl)ccc1NC(=O)/C(=C/c1cccnc1Cl)C(=O)Nc1ccccc1. The van der Waals surface area contributed by atoms with Gasteiger partial charge < -0.3 is 15.4 Å². The van der Waals surface area contributed by atoms with Gasteiger partial charge >= 0.3 is 0 Å². The molecular weight excluding hydrogens is 425 g/mol. The second-order valence-corrected chi connectivity index (χ2v) is 6.85. The van der Waals surface area contributed by atoms with Gasteiger partial charge in [-0.1, -0.05) is 47.5 Å². The molecule has 0 spiro atoms. The lowest BCUT2D eigenvalue weighted by Crippen LogP contribution is -2.25. The van der Waals surface area contributed by atoms with E-state index < -0.39 is 11.8 Å². The van der Waals surface area contributed by atoms with Crippen LogP contribution in [0.5, 0.6) is 5.75 Å². The number of halogens is 2. The van der Waals surface area contributed by atoms with Crippen molar-refractivity contribution in [3.8, 4) is 5.75 Å². The smallest absolute Gasteiger partial charge is 0.261 e. The van der Waals surface area contributed by atoms with Crippen LogP contribution in [0, 0.1) is 0 Å². The molecule has 0 atom stereocenters. The summed E-state index contributed by atoms with van der Waals surface area (Å²) in [6.45, 7) is 0. The van der Waals surface area contributed by atoms with Gasteiger partial charge in [-0.05, 0) is 36.4 Å². The minimum atomic E-state index is -0.649. The van der Waals surface area contributed by atoms with Crippen LogP contribution in [-0.2, 0) is 9.59 Å². The van der Waals surface area contributed by atoms with Gasteiger partial charge in [0.05, 0.1) is 12.8 Å². The Bertz CT molecular complexity index is 1100. The summed E-state index contributed by atoms with van der Waals surface area (Å²) in [5, 5.41) is 6.00. The summed E-state index contributed by atoms with van der Waals surface area (Å²) in [6, 6.07) is 16.9. The number of carbonyl (C=O) groups excluding carboxylic acids is 2. The number of amides is 2. The van der Waals surface area contributed by atoms with E-state index in [1.54, 1.807) is 54.6 Å². The number of anilines is 2. The largest absolute Gasteiger partial charge is 0.495 e. The quantitative estimate of drug-likeness (QED) is 0.242. The molecule has 2 aromatic carbocycles. The molecule has 0 fully saturated rings. The molecule has 0 saturated heterocycles. The minimum absolute atomic E-state index is 0.161. The van der Waals surface area contributed by atoms with Crippen molar-refractivity contribution in [1.29, 1.82) is 0 Å². The molecule has 1 aromatic heterocycles. The van der Waals surface area contributed by atoms with E-state index in [9.17, 15) is 9.59 Å². The molecule has 0 saturated carbocycles. The van der Waals surface area contributed by atoms with Gasteiger partial charge in [-0.15, -0.1) is 0 Å². The molecule has 0 unspecified atom stereocenters. The van der Waals surface area contributed by atoms with Crippen molar-refractivity contribution < 1.29 is 14.3 Å². The molecule has 3 rings (SSSR count). The van der Waals surface area contributed by atoms with Crippen LogP contribution in [0.15, 0.2) is 72.4 Å². The number of carbonyl (C=O) groups is 2. The molecule has 1 heterocycles. The monoisotopic (exact) mass is 441 g/mol. The normalized spacial score (nSPS) is 11.0. The van der Waals surface area contributed by atoms with Crippen LogP contribution in [0.3, 0.4) is 0 Å². The maximum absolute atomic E-state index is 13.0. The van der Waals surface area contributed by atoms with Gasteiger partial charge in [-0.3, -0.25) is 9.59 Å². The van der Waals surface area contributed by atoms with Crippen LogP contribution < -0.4 is 15.4 Å². The number of ether oxygens (including phenoxy) is 1. The van der Waals surface area contributed by atoms with Crippen LogP contribution in [-0.4, -0.2) is 23.9 Å². The molecule has 3 aromatic rings. The summed E-state index contributed by atoms with van der Waals surface area (Å²) < 4.78 is 5.25. The number of pyridine rings is 1. The maximum Gasteiger partial charge on any atom is 0.261 e. The Hall–Kier alpha value is -3.35. The van der Waals surface area contributed by atoms with Crippen molar-refractivity contribution in [2.75, 3.05) is 17.7 Å². The third kappa shape index (κ3) is 5.37. The molecule has 152 valence electrons. The van der Waals surface area contributed by atoms with E-state index in [1.165, 1.54) is 19.4 Å². The highest BCUT2D eigenvalue weighted by molar-refractivity contribution is 6.33. The topological polar surface area (TPSA) is 80.3 Å². The standard InChI is InChI=1S/C22H17Cl2N3O3/c1-30-19-13-15(23)9-10-18(19)27-22(29)17(12-14-6-5-11-25-20(14)24)21(28)26-16-7-3-2-4-8-16/h2-13H,1H3,(H,26,28)(H,27,29)/b17-12+. The Morgan fingerprint density at radius 3 is 2.40 bits per heavy atom. The van der Waals surface area contributed by atoms with Crippen LogP contribution in [0.1, 0.15) is 5.56 Å². The lowest BCUT2D eigenvalue weighted by Gasteiger charge is -2.13. The van der Waals surface area contributed by atoms with E-state index in [0.717, 1.165) is 0 Å². The highest BCUT2D eigenvalue weighted by Gasteiger charge is 2.21. The second-order valence-electron chi connectivity index (χ2n) is 6.06. The molecule has 0 aliphatic carbocycles. The van der Waals surface area contributed by atoms with Gasteiger partial charge in [0.25, 0.3) is 11.8 Å². The van der Waals surface area contributed by atoms with Crippen molar-refractivity contribution >= 4 is 52.5 Å². The van der Waals surface area contributed by atoms with Crippen LogP contribution in [0.2, 0.25) is 10.2 Å². The number of nitrogens with one attached hydrogen (secondary N) is 2. The second kappa shape index (κ2) is 9.91. The molecule has 8 heteroatoms. The van der Waals surface area contributed by atoms with Crippen molar-refractivity contribution in [2.45, 2.75) is 0 Å². The van der Waals surface area contributed by atoms with E-state index in [4.69, 9.17) is 27.9 Å². The van der Waals surface area contributed by atoms with Crippen LogP contribution in [0.25, 0.3) is 6.08 Å². The number of hydrogen-bond acceptors (Lipinski definition) is 4. The van der Waals surface area contributed by atoms with Gasteiger partial charge in [0.2, 0.25) is 0 Å². The first-order valence-electron chi connectivity index (χ1n) is 8.81. The zero-order valence-electron chi connectivity index (χ0n) is 15.9. The number of rotatable bonds is 6. The Kier molecular flexibility index (Phi) is 7.06. The fourth-order valence-corrected chi connectivity index (χ4v) is 2.91. The summed E-state index contributed by atoms with van der Waals surface area (Å²) in [7, 11) is 1.45. The zero-order valence-corrected chi connectivity index (χ0v) is 17.4. The summed E-state index contributed by atoms with van der Waals surface area (Å²) in [5.41, 5.74) is 1.17. The van der Waals surface area contributed by atoms with Gasteiger partial charge in [0.15, 0.2) is 0 Å². The molecular formula is C22H17Cl2N3O3. The predicted octanol–water partition coefficient (Wildman–Crippen LogP) is 5.06. The van der Waals surface area contributed by atoms with Gasteiger partial charge in [-0.25, -0.2) is 4.98 Å². The fourth-order valence-electron chi connectivity index (χ4n) is 2.57. The van der Waals surface area contributed by atoms with E-state index in [0.29, 0.717) is 27.7 Å². The number of benzene rings is 2. The highest BCUT2D eigenvalue weighted by atomic mass is 35.5. The van der Waals surface area contributed by atoms with Crippen molar-refractivity contribution in [3.63, 3.8) is 0 Å². The predicted molar refractivity (Wildman–Crippen MR) is 119 cm³/mol. The van der Waals surface area contributed by atoms with E-state index in [-0.39, 0.29) is 10.7 Å². The van der Waals surface area contributed by atoms with Crippen molar-refractivity contribution in [2.24, 2.45) is 0 Å². The maximum atomic E-state index is 13.0. The van der Waals surface area contributed by atoms with Gasteiger partial charge in [0.1, 0.15) is 16.5 Å². The Morgan fingerprint density at radius 1 is 0.967 bits per heavy atom. The number of methoxy groups -OCH3 is 1. The number of hydrogen-bond donors (Lipinski definition) is 2. The first kappa shape index (κ1) is 21.4. The van der Waals surface area contributed by atoms with Crippen molar-refractivity contribution in [3.05, 3.63) is 88.2 Å². The molecule has 0 aliphatic rings. The van der Waals surface area contributed by atoms with E-state index >= 15 is 0 Å². The number of para-hydroxylation sites is 1. The molecule has 0 aliphatic heterocycles. The zero-order chi connectivity index (χ0) is 21.5. The molecule has 0 bridgehead atoms. The summed E-state index contributed by atoms with van der Waals surface area (Å²) in [6.07, 6.45) is 2.90. The summed E-state index contributed by atoms with van der Waals surface area (Å²) >= 11 is 12.1. The number of nitrogens with zero attached hydrogens (tertiary/aromatic N) is 1. The van der Waals surface area contributed by atoms with Gasteiger partial charge in [0, 0.05) is 28.5 Å². The Labute approximate surface area is 183 Å². The molecule has 6 nitrogen and oxygen atoms in total. The lowest BCUT2D eigenvalue weighted by molar-refractivity contribution is -0.118. The van der Waals surface area contributed by atoms with Crippen LogP contribution in [0.4, 0.5) is 11.4 Å². The van der Waals surface area contributed by atoms with E-state index in [2.05, 4.69) is 15.6 Å². The van der Waals surface area contributed by atoms with Crippen molar-refractivity contribution in [1.82, 2.24) is 4.98 Å². The third-order valence-corrected chi connectivity index (χ3v) is 4.57. The lowest BCUT2D eigenvalue weighted by atomic mass is 10.1. The Morgan fingerprint density at radius 2 is 1.70 bits per heavy atom. The minimum Gasteiger partial charge on any atom is -0.495 e. The molecule has 0 radical (unpaired) electrons. The Balaban J connectivity index is 1.95. The summed E-state index contributed by atoms with van der Waals surface area (Å²) in [5.74, 6) is -0.895. The highest BCUT2D eigenvalue weighted by Crippen LogP contribution is 2.28. The average molecular weight is 442 g/mol. The average Bonchev–Trinajstić information content (AvgIpc) is 2.74. The third-order valence-electron chi connectivity index (χ3n) is 4.02. The number of aromatic nitrogens is 1. The first-order valence-corrected chi connectivity index (χ1v) is 9.57. The molecule has 2 N–H and O–H groups in total. The summed E-state index contributed by atoms with van der Waals surface area (Å²) in [4.78, 5) is 29.9. The van der Waals surface area contributed by atoms with Gasteiger partial charge in [-0.2, -0.15) is 0 Å². The molecule has 30 heavy (non-hydrogen) atoms.